The molecule has 1 aromatic carbocycles. The van der Waals surface area contributed by atoms with Crippen molar-refractivity contribution in [1.29, 1.82) is 0 Å². The van der Waals surface area contributed by atoms with Gasteiger partial charge in [0.1, 0.15) is 11.5 Å². The fourth-order valence-electron chi connectivity index (χ4n) is 2.52. The smallest absolute Gasteiger partial charge is 0.355 e. The van der Waals surface area contributed by atoms with E-state index in [9.17, 15) is 18.8 Å². The number of hydrogen-bond donors (Lipinski definition) is 2. The number of aryl methyl sites for hydroxylation is 1. The van der Waals surface area contributed by atoms with Crippen LogP contribution in [0.1, 0.15) is 46.0 Å². The zero-order valence-corrected chi connectivity index (χ0v) is 16.6. The zero-order chi connectivity index (χ0) is 21.0. The molecule has 7 nitrogen and oxygen atoms in total. The Labute approximate surface area is 166 Å². The highest BCUT2D eigenvalue weighted by molar-refractivity contribution is 6.30. The maximum absolute atomic E-state index is 13.6. The lowest BCUT2D eigenvalue weighted by Crippen LogP contribution is -2.22. The van der Waals surface area contributed by atoms with Crippen LogP contribution in [0.2, 0.25) is 5.02 Å². The van der Waals surface area contributed by atoms with Crippen LogP contribution >= 0.6 is 11.6 Å². The van der Waals surface area contributed by atoms with Crippen molar-refractivity contribution in [2.75, 3.05) is 11.9 Å². The summed E-state index contributed by atoms with van der Waals surface area (Å²) in [5.41, 5.74) is 0.954. The summed E-state index contributed by atoms with van der Waals surface area (Å²) in [5.74, 6) is -2.80. The molecular weight excluding hydrogens is 391 g/mol. The molecule has 0 bridgehead atoms. The van der Waals surface area contributed by atoms with Crippen LogP contribution < -0.4 is 5.32 Å². The minimum absolute atomic E-state index is 0.0370. The lowest BCUT2D eigenvalue weighted by molar-refractivity contribution is -0.119. The maximum Gasteiger partial charge on any atom is 0.355 e. The molecule has 0 aliphatic rings. The summed E-state index contributed by atoms with van der Waals surface area (Å²) in [7, 11) is 0. The Morgan fingerprint density at radius 3 is 2.54 bits per heavy atom. The standard InChI is InChI=1S/C19H20ClFN2O5/c1-9(2)28-18(25)16-10(3)17(22-11(16)4)19(26)27-8-15(24)23-14-7-12(20)5-6-13(14)21/h5-7,9,22H,8H2,1-4H3,(H,23,24). The predicted molar refractivity (Wildman–Crippen MR) is 101 cm³/mol. The molecule has 1 heterocycles. The Morgan fingerprint density at radius 1 is 1.21 bits per heavy atom. The summed E-state index contributed by atoms with van der Waals surface area (Å²) in [6.45, 7) is 5.97. The van der Waals surface area contributed by atoms with Gasteiger partial charge in [-0.1, -0.05) is 11.6 Å². The summed E-state index contributed by atoms with van der Waals surface area (Å²) in [6.07, 6.45) is -0.313. The molecule has 0 spiro atoms. The quantitative estimate of drug-likeness (QED) is 0.706. The van der Waals surface area contributed by atoms with Crippen molar-refractivity contribution in [1.82, 2.24) is 4.98 Å². The van der Waals surface area contributed by atoms with E-state index in [0.717, 1.165) is 6.07 Å². The number of anilines is 1. The minimum atomic E-state index is -0.828. The SMILES string of the molecule is Cc1[nH]c(C(=O)OCC(=O)Nc2cc(Cl)ccc2F)c(C)c1C(=O)OC(C)C. The van der Waals surface area contributed by atoms with Crippen molar-refractivity contribution in [3.8, 4) is 0 Å². The number of esters is 2. The van der Waals surface area contributed by atoms with Crippen LogP contribution in [0.5, 0.6) is 0 Å². The molecule has 1 amide bonds. The van der Waals surface area contributed by atoms with Crippen LogP contribution in [-0.2, 0) is 14.3 Å². The van der Waals surface area contributed by atoms with Gasteiger partial charge >= 0.3 is 11.9 Å². The molecule has 0 aliphatic carbocycles. The largest absolute Gasteiger partial charge is 0.459 e. The summed E-state index contributed by atoms with van der Waals surface area (Å²) in [4.78, 5) is 39.1. The number of amides is 1. The van der Waals surface area contributed by atoms with Gasteiger partial charge in [-0.15, -0.1) is 0 Å². The number of carbonyl (C=O) groups excluding carboxylic acids is 3. The molecule has 0 atom stereocenters. The van der Waals surface area contributed by atoms with E-state index < -0.39 is 30.3 Å². The van der Waals surface area contributed by atoms with E-state index in [0.29, 0.717) is 11.3 Å². The number of ether oxygens (including phenoxy) is 2. The molecule has 0 unspecified atom stereocenters. The average Bonchev–Trinajstić information content (AvgIpc) is 2.90. The Kier molecular flexibility index (Phi) is 6.80. The second-order valence-corrected chi connectivity index (χ2v) is 6.76. The molecule has 28 heavy (non-hydrogen) atoms. The third-order valence-corrected chi connectivity index (χ3v) is 3.96. The maximum atomic E-state index is 13.6. The molecule has 0 radical (unpaired) electrons. The van der Waals surface area contributed by atoms with Crippen molar-refractivity contribution in [3.63, 3.8) is 0 Å². The molecule has 1 aromatic heterocycles. The van der Waals surface area contributed by atoms with Crippen LogP contribution in [0.4, 0.5) is 10.1 Å². The van der Waals surface area contributed by atoms with Crippen LogP contribution in [0.3, 0.4) is 0 Å². The lowest BCUT2D eigenvalue weighted by atomic mass is 10.1. The second-order valence-electron chi connectivity index (χ2n) is 6.33. The number of aromatic amines is 1. The van der Waals surface area contributed by atoms with Crippen LogP contribution in [0.15, 0.2) is 18.2 Å². The molecule has 2 aromatic rings. The monoisotopic (exact) mass is 410 g/mol. The van der Waals surface area contributed by atoms with Crippen LogP contribution in [-0.4, -0.2) is 35.5 Å². The van der Waals surface area contributed by atoms with Crippen molar-refractivity contribution in [3.05, 3.63) is 51.6 Å². The third kappa shape index (κ3) is 5.10. The lowest BCUT2D eigenvalue weighted by Gasteiger charge is -2.09. The van der Waals surface area contributed by atoms with Gasteiger partial charge in [0.05, 0.1) is 17.4 Å². The second kappa shape index (κ2) is 8.88. The molecule has 0 saturated heterocycles. The van der Waals surface area contributed by atoms with E-state index in [1.54, 1.807) is 27.7 Å². The number of hydrogen-bond acceptors (Lipinski definition) is 5. The highest BCUT2D eigenvalue weighted by Crippen LogP contribution is 2.21. The van der Waals surface area contributed by atoms with Gasteiger partial charge in [0.2, 0.25) is 0 Å². The van der Waals surface area contributed by atoms with E-state index in [1.165, 1.54) is 12.1 Å². The normalized spacial score (nSPS) is 10.7. The number of aromatic nitrogens is 1. The Hall–Kier alpha value is -2.87. The van der Waals surface area contributed by atoms with Gasteiger partial charge in [0.25, 0.3) is 5.91 Å². The molecular formula is C19H20ClFN2O5. The van der Waals surface area contributed by atoms with Gasteiger partial charge in [-0.2, -0.15) is 0 Å². The van der Waals surface area contributed by atoms with Gasteiger partial charge < -0.3 is 19.8 Å². The van der Waals surface area contributed by atoms with Crippen molar-refractivity contribution in [2.24, 2.45) is 0 Å². The van der Waals surface area contributed by atoms with E-state index in [4.69, 9.17) is 21.1 Å². The molecule has 0 aliphatic heterocycles. The molecule has 2 rings (SSSR count). The van der Waals surface area contributed by atoms with Gasteiger partial charge in [-0.3, -0.25) is 4.79 Å². The summed E-state index contributed by atoms with van der Waals surface area (Å²) in [5, 5.41) is 2.51. The number of halogens is 2. The number of benzene rings is 1. The van der Waals surface area contributed by atoms with Crippen molar-refractivity contribution < 1.29 is 28.2 Å². The Morgan fingerprint density at radius 2 is 1.89 bits per heavy atom. The Balaban J connectivity index is 2.04. The van der Waals surface area contributed by atoms with E-state index in [2.05, 4.69) is 10.3 Å². The predicted octanol–water partition coefficient (Wildman–Crippen LogP) is 3.78. The van der Waals surface area contributed by atoms with Gasteiger partial charge in [0.15, 0.2) is 6.61 Å². The molecule has 0 saturated carbocycles. The van der Waals surface area contributed by atoms with E-state index >= 15 is 0 Å². The highest BCUT2D eigenvalue weighted by atomic mass is 35.5. The number of H-pyrrole nitrogens is 1. The molecule has 9 heteroatoms. The van der Waals surface area contributed by atoms with Crippen LogP contribution in [0, 0.1) is 19.7 Å². The number of carbonyl (C=O) groups is 3. The first-order valence-corrected chi connectivity index (χ1v) is 8.80. The summed E-state index contributed by atoms with van der Waals surface area (Å²) >= 11 is 5.75. The van der Waals surface area contributed by atoms with E-state index in [1.807, 2.05) is 0 Å². The molecule has 0 fully saturated rings. The Bertz CT molecular complexity index is 923. The average molecular weight is 411 g/mol. The van der Waals surface area contributed by atoms with Crippen molar-refractivity contribution >= 4 is 35.1 Å². The summed E-state index contributed by atoms with van der Waals surface area (Å²) < 4.78 is 23.7. The van der Waals surface area contributed by atoms with Crippen molar-refractivity contribution in [2.45, 2.75) is 33.8 Å². The fraction of sp³-hybridized carbons (Fsp3) is 0.316. The fourth-order valence-corrected chi connectivity index (χ4v) is 2.69. The number of rotatable bonds is 6. The zero-order valence-electron chi connectivity index (χ0n) is 15.8. The minimum Gasteiger partial charge on any atom is -0.459 e. The third-order valence-electron chi connectivity index (χ3n) is 3.73. The van der Waals surface area contributed by atoms with Crippen LogP contribution in [0.25, 0.3) is 0 Å². The summed E-state index contributed by atoms with van der Waals surface area (Å²) in [6, 6.07) is 3.68. The molecule has 150 valence electrons. The topological polar surface area (TPSA) is 97.5 Å². The van der Waals surface area contributed by atoms with Gasteiger partial charge in [0, 0.05) is 10.7 Å². The van der Waals surface area contributed by atoms with Gasteiger partial charge in [-0.05, 0) is 51.5 Å². The van der Waals surface area contributed by atoms with Gasteiger partial charge in [-0.25, -0.2) is 14.0 Å². The first-order chi connectivity index (χ1) is 13.1. The number of nitrogens with one attached hydrogen (secondary N) is 2. The first-order valence-electron chi connectivity index (χ1n) is 8.42. The first kappa shape index (κ1) is 21.4. The highest BCUT2D eigenvalue weighted by Gasteiger charge is 2.25. The molecule has 2 N–H and O–H groups in total. The van der Waals surface area contributed by atoms with E-state index in [-0.39, 0.29) is 28.1 Å².